The van der Waals surface area contributed by atoms with Gasteiger partial charge in [0.1, 0.15) is 5.01 Å². The molecule has 1 amide bonds. The zero-order valence-corrected chi connectivity index (χ0v) is 13.3. The lowest BCUT2D eigenvalue weighted by Gasteiger charge is -2.05. The number of halogens is 1. The zero-order valence-electron chi connectivity index (χ0n) is 10.9. The van der Waals surface area contributed by atoms with Crippen molar-refractivity contribution >= 4 is 33.2 Å². The lowest BCUT2D eigenvalue weighted by molar-refractivity contribution is 0.0950. The fourth-order valence-electron chi connectivity index (χ4n) is 1.72. The third kappa shape index (κ3) is 3.88. The first-order chi connectivity index (χ1) is 9.08. The number of amides is 1. The van der Waals surface area contributed by atoms with Crippen molar-refractivity contribution in [2.24, 2.45) is 0 Å². The molecule has 0 saturated heterocycles. The Labute approximate surface area is 125 Å². The van der Waals surface area contributed by atoms with Gasteiger partial charge in [0.15, 0.2) is 0 Å². The molecule has 0 saturated carbocycles. The van der Waals surface area contributed by atoms with Crippen molar-refractivity contribution in [1.29, 1.82) is 0 Å². The van der Waals surface area contributed by atoms with E-state index in [9.17, 15) is 4.79 Å². The van der Waals surface area contributed by atoms with Gasteiger partial charge in [-0.15, -0.1) is 11.3 Å². The Balaban J connectivity index is 2.00. The molecule has 0 aliphatic heterocycles. The molecule has 0 aliphatic rings. The summed E-state index contributed by atoms with van der Waals surface area (Å²) < 4.78 is 0.917. The fourth-order valence-corrected chi connectivity index (χ4v) is 3.13. The molecule has 1 heterocycles. The molecule has 3 nitrogen and oxygen atoms in total. The molecule has 1 N–H and O–H groups in total. The highest BCUT2D eigenvalue weighted by Gasteiger charge is 2.08. The van der Waals surface area contributed by atoms with Crippen molar-refractivity contribution in [2.45, 2.75) is 26.8 Å². The third-order valence-electron chi connectivity index (χ3n) is 2.65. The summed E-state index contributed by atoms with van der Waals surface area (Å²) in [6.45, 7) is 4.55. The Morgan fingerprint density at radius 3 is 2.84 bits per heavy atom. The maximum atomic E-state index is 12.0. The lowest BCUT2D eigenvalue weighted by Crippen LogP contribution is -2.22. The molecule has 0 unspecified atom stereocenters. The van der Waals surface area contributed by atoms with E-state index in [0.717, 1.165) is 21.5 Å². The molecule has 0 aliphatic carbocycles. The van der Waals surface area contributed by atoms with Gasteiger partial charge >= 0.3 is 0 Å². The Morgan fingerprint density at radius 2 is 2.21 bits per heavy atom. The van der Waals surface area contributed by atoms with Crippen molar-refractivity contribution in [1.82, 2.24) is 10.3 Å². The monoisotopic (exact) mass is 338 g/mol. The average molecular weight is 339 g/mol. The van der Waals surface area contributed by atoms with Crippen LogP contribution in [0.25, 0.3) is 0 Å². The van der Waals surface area contributed by atoms with Crippen molar-refractivity contribution in [3.8, 4) is 0 Å². The Hall–Kier alpha value is -1.20. The molecule has 1 aromatic carbocycles. The molecular weight excluding hydrogens is 324 g/mol. The second kappa shape index (κ2) is 6.30. The summed E-state index contributed by atoms with van der Waals surface area (Å²) in [7, 11) is 0. The molecule has 1 aromatic heterocycles. The first-order valence-corrected chi connectivity index (χ1v) is 7.68. The van der Waals surface area contributed by atoms with Crippen LogP contribution in [0.3, 0.4) is 0 Å². The number of thiazole rings is 1. The predicted octanol–water partition coefficient (Wildman–Crippen LogP) is 3.71. The minimum Gasteiger partial charge on any atom is -0.346 e. The number of rotatable bonds is 4. The third-order valence-corrected chi connectivity index (χ3v) is 4.25. The van der Waals surface area contributed by atoms with Gasteiger partial charge in [0.2, 0.25) is 0 Å². The summed E-state index contributed by atoms with van der Waals surface area (Å²) >= 11 is 5.04. The topological polar surface area (TPSA) is 42.0 Å². The molecule has 2 rings (SSSR count). The molecule has 2 aromatic rings. The number of benzene rings is 1. The summed E-state index contributed by atoms with van der Waals surface area (Å²) in [5.74, 6) is -0.0716. The van der Waals surface area contributed by atoms with E-state index in [-0.39, 0.29) is 5.91 Å². The first-order valence-electron chi connectivity index (χ1n) is 6.07. The fraction of sp³-hybridized carbons (Fsp3) is 0.286. The molecule has 0 bridgehead atoms. The number of nitrogens with one attached hydrogen (secondary N) is 1. The van der Waals surface area contributed by atoms with Crippen molar-refractivity contribution in [3.63, 3.8) is 0 Å². The van der Waals surface area contributed by atoms with Crippen LogP contribution >= 0.6 is 27.3 Å². The molecule has 0 fully saturated rings. The Morgan fingerprint density at radius 1 is 1.42 bits per heavy atom. The van der Waals surface area contributed by atoms with Crippen LogP contribution in [0.1, 0.15) is 32.7 Å². The van der Waals surface area contributed by atoms with E-state index in [4.69, 9.17) is 0 Å². The normalized spacial score (nSPS) is 10.5. The number of hydrogen-bond donors (Lipinski definition) is 1. The van der Waals surface area contributed by atoms with E-state index in [1.165, 1.54) is 4.88 Å². The van der Waals surface area contributed by atoms with Crippen LogP contribution in [0.15, 0.2) is 28.9 Å². The average Bonchev–Trinajstić information content (AvgIpc) is 2.82. The molecule has 100 valence electrons. The van der Waals surface area contributed by atoms with Crippen molar-refractivity contribution in [3.05, 3.63) is 49.9 Å². The van der Waals surface area contributed by atoms with Crippen LogP contribution in [-0.2, 0) is 13.0 Å². The minimum absolute atomic E-state index is 0.0716. The summed E-state index contributed by atoms with van der Waals surface area (Å²) in [6, 6.07) is 5.67. The summed E-state index contributed by atoms with van der Waals surface area (Å²) in [4.78, 5) is 17.6. The maximum Gasteiger partial charge on any atom is 0.251 e. The highest BCUT2D eigenvalue weighted by atomic mass is 79.9. The molecule has 0 spiro atoms. The highest BCUT2D eigenvalue weighted by Crippen LogP contribution is 2.16. The number of nitrogens with zero attached hydrogens (tertiary/aromatic N) is 1. The smallest absolute Gasteiger partial charge is 0.251 e. The summed E-state index contributed by atoms with van der Waals surface area (Å²) in [5, 5.41) is 3.84. The van der Waals surface area contributed by atoms with E-state index < -0.39 is 0 Å². The van der Waals surface area contributed by atoms with Gasteiger partial charge in [0, 0.05) is 21.1 Å². The highest BCUT2D eigenvalue weighted by molar-refractivity contribution is 9.10. The number of hydrogen-bond acceptors (Lipinski definition) is 3. The van der Waals surface area contributed by atoms with Gasteiger partial charge in [-0.3, -0.25) is 4.79 Å². The summed E-state index contributed by atoms with van der Waals surface area (Å²) in [6.07, 6.45) is 2.85. The number of carbonyl (C=O) groups is 1. The second-order valence-electron chi connectivity index (χ2n) is 4.27. The number of carbonyl (C=O) groups excluding carboxylic acids is 1. The predicted molar refractivity (Wildman–Crippen MR) is 81.5 cm³/mol. The molecule has 19 heavy (non-hydrogen) atoms. The Kier molecular flexibility index (Phi) is 4.71. The van der Waals surface area contributed by atoms with Gasteiger partial charge in [-0.1, -0.05) is 22.9 Å². The van der Waals surface area contributed by atoms with Gasteiger partial charge in [-0.2, -0.15) is 0 Å². The second-order valence-corrected chi connectivity index (χ2v) is 6.39. The SMILES string of the molecule is CCc1cnc(CNC(=O)c2cc(C)cc(Br)c2)s1. The molecule has 0 atom stereocenters. The van der Waals surface area contributed by atoms with Crippen LogP contribution in [0.5, 0.6) is 0 Å². The van der Waals surface area contributed by atoms with E-state index in [0.29, 0.717) is 12.1 Å². The quantitative estimate of drug-likeness (QED) is 0.923. The van der Waals surface area contributed by atoms with Gasteiger partial charge in [0.05, 0.1) is 6.54 Å². The van der Waals surface area contributed by atoms with Gasteiger partial charge in [-0.25, -0.2) is 4.98 Å². The Bertz CT molecular complexity index is 575. The van der Waals surface area contributed by atoms with E-state index in [2.05, 4.69) is 33.2 Å². The van der Waals surface area contributed by atoms with Crippen molar-refractivity contribution < 1.29 is 4.79 Å². The maximum absolute atomic E-state index is 12.0. The lowest BCUT2D eigenvalue weighted by atomic mass is 10.1. The number of aromatic nitrogens is 1. The molecule has 0 radical (unpaired) electrons. The van der Waals surface area contributed by atoms with E-state index >= 15 is 0 Å². The molecular formula is C14H15BrN2OS. The van der Waals surface area contributed by atoms with E-state index in [1.807, 2.05) is 31.3 Å². The van der Waals surface area contributed by atoms with Gasteiger partial charge < -0.3 is 5.32 Å². The zero-order chi connectivity index (χ0) is 13.8. The van der Waals surface area contributed by atoms with Crippen molar-refractivity contribution in [2.75, 3.05) is 0 Å². The van der Waals surface area contributed by atoms with Crippen LogP contribution in [0, 0.1) is 6.92 Å². The van der Waals surface area contributed by atoms with Gasteiger partial charge in [0.25, 0.3) is 5.91 Å². The van der Waals surface area contributed by atoms with E-state index in [1.54, 1.807) is 11.3 Å². The standard InChI is InChI=1S/C14H15BrN2OS/c1-3-12-7-16-13(19-12)8-17-14(18)10-4-9(2)5-11(15)6-10/h4-7H,3,8H2,1-2H3,(H,17,18). The minimum atomic E-state index is -0.0716. The number of aryl methyl sites for hydroxylation is 2. The van der Waals surface area contributed by atoms with Gasteiger partial charge in [-0.05, 0) is 37.1 Å². The van der Waals surface area contributed by atoms with Crippen LogP contribution in [-0.4, -0.2) is 10.9 Å². The summed E-state index contributed by atoms with van der Waals surface area (Å²) in [5.41, 5.74) is 1.72. The molecule has 5 heteroatoms. The first kappa shape index (κ1) is 14.2. The largest absolute Gasteiger partial charge is 0.346 e. The van der Waals surface area contributed by atoms with Crippen LogP contribution < -0.4 is 5.32 Å². The van der Waals surface area contributed by atoms with Crippen LogP contribution in [0.2, 0.25) is 0 Å². The van der Waals surface area contributed by atoms with Crippen LogP contribution in [0.4, 0.5) is 0 Å².